The van der Waals surface area contributed by atoms with Crippen molar-refractivity contribution in [1.82, 2.24) is 20.4 Å². The second-order valence-corrected chi connectivity index (χ2v) is 10.1. The number of rotatable bonds is 0. The van der Waals surface area contributed by atoms with Crippen molar-refractivity contribution in [1.29, 1.82) is 0 Å². The van der Waals surface area contributed by atoms with Crippen molar-refractivity contribution in [3.63, 3.8) is 0 Å². The summed E-state index contributed by atoms with van der Waals surface area (Å²) in [6, 6.07) is 0. The van der Waals surface area contributed by atoms with Crippen LogP contribution >= 0.6 is 22.7 Å². The summed E-state index contributed by atoms with van der Waals surface area (Å²) in [5, 5.41) is 15.3. The lowest BCUT2D eigenvalue weighted by atomic mass is 10.0. The number of nitrogens with one attached hydrogen (secondary N) is 4. The standard InChI is InChI=1S/C20H18N6O2S2/c27-19-15-9-1-3-21-5-11(9)29-17(15)23-13-8-26-14(7-25(13)19)24-18-16(20(26)28)10-2-4-22-6-12(10)30-18/h7-8,21-24H,1-6H2. The molecule has 0 aliphatic carbocycles. The lowest BCUT2D eigenvalue weighted by Crippen LogP contribution is -2.44. The van der Waals surface area contributed by atoms with Gasteiger partial charge in [0.25, 0.3) is 11.8 Å². The minimum absolute atomic E-state index is 0.0312. The summed E-state index contributed by atoms with van der Waals surface area (Å²) in [6.07, 6.45) is 5.21. The van der Waals surface area contributed by atoms with Gasteiger partial charge in [0.05, 0.1) is 23.5 Å². The predicted molar refractivity (Wildman–Crippen MR) is 115 cm³/mol. The Labute approximate surface area is 180 Å². The predicted octanol–water partition coefficient (Wildman–Crippen LogP) is 2.15. The van der Waals surface area contributed by atoms with Crippen molar-refractivity contribution in [2.75, 3.05) is 23.7 Å². The van der Waals surface area contributed by atoms with Gasteiger partial charge in [-0.05, 0) is 37.1 Å². The normalized spacial score (nSPS) is 21.2. The summed E-state index contributed by atoms with van der Waals surface area (Å²) in [7, 11) is 0. The average molecular weight is 439 g/mol. The topological polar surface area (TPSA) is 88.7 Å². The van der Waals surface area contributed by atoms with Gasteiger partial charge in [-0.3, -0.25) is 19.4 Å². The first-order valence-electron chi connectivity index (χ1n) is 10.0. The first kappa shape index (κ1) is 17.1. The van der Waals surface area contributed by atoms with Gasteiger partial charge in [0, 0.05) is 22.8 Å². The molecule has 0 bridgehead atoms. The Morgan fingerprint density at radius 3 is 1.67 bits per heavy atom. The van der Waals surface area contributed by atoms with E-state index in [9.17, 15) is 9.59 Å². The molecule has 0 radical (unpaired) electrons. The van der Waals surface area contributed by atoms with Crippen LogP contribution in [0.2, 0.25) is 0 Å². The van der Waals surface area contributed by atoms with Crippen LogP contribution in [0.3, 0.4) is 0 Å². The number of anilines is 2. The summed E-state index contributed by atoms with van der Waals surface area (Å²) >= 11 is 3.26. The van der Waals surface area contributed by atoms with E-state index < -0.39 is 0 Å². The summed E-state index contributed by atoms with van der Waals surface area (Å²) in [6.45, 7) is 3.37. The summed E-state index contributed by atoms with van der Waals surface area (Å²) in [5.74, 6) is 1.17. The van der Waals surface area contributed by atoms with E-state index in [1.807, 2.05) is 0 Å². The Morgan fingerprint density at radius 1 is 0.733 bits per heavy atom. The average Bonchev–Trinajstić information content (AvgIpc) is 3.31. The van der Waals surface area contributed by atoms with Crippen molar-refractivity contribution < 1.29 is 9.59 Å². The van der Waals surface area contributed by atoms with Crippen LogP contribution in [0, 0.1) is 0 Å². The zero-order valence-electron chi connectivity index (χ0n) is 15.9. The molecule has 0 spiro atoms. The maximum absolute atomic E-state index is 13.4. The van der Waals surface area contributed by atoms with Crippen LogP contribution in [0.5, 0.6) is 0 Å². The SMILES string of the molecule is O=C1c2c(sc3c2CCNC3)NC2=CN3C(=O)c4c(sc5c4CCNC5)NC3=CN12. The van der Waals surface area contributed by atoms with Crippen LogP contribution in [-0.4, -0.2) is 34.7 Å². The molecule has 0 unspecified atom stereocenters. The van der Waals surface area contributed by atoms with Crippen LogP contribution in [-0.2, 0) is 25.9 Å². The van der Waals surface area contributed by atoms with Gasteiger partial charge in [-0.25, -0.2) is 0 Å². The molecule has 10 heteroatoms. The third-order valence-electron chi connectivity index (χ3n) is 6.23. The monoisotopic (exact) mass is 438 g/mol. The van der Waals surface area contributed by atoms with E-state index in [2.05, 4.69) is 21.3 Å². The van der Waals surface area contributed by atoms with Gasteiger partial charge in [0.15, 0.2) is 0 Å². The van der Waals surface area contributed by atoms with Gasteiger partial charge in [0.2, 0.25) is 0 Å². The van der Waals surface area contributed by atoms with Crippen molar-refractivity contribution in [2.45, 2.75) is 25.9 Å². The molecule has 0 saturated carbocycles. The molecule has 0 atom stereocenters. The second kappa shape index (κ2) is 5.94. The van der Waals surface area contributed by atoms with E-state index in [0.29, 0.717) is 11.6 Å². The molecule has 152 valence electrons. The quantitative estimate of drug-likeness (QED) is 0.504. The third-order valence-corrected chi connectivity index (χ3v) is 8.52. The molecule has 2 amide bonds. The summed E-state index contributed by atoms with van der Waals surface area (Å²) < 4.78 is 0. The molecule has 5 aliphatic heterocycles. The molecule has 2 aromatic heterocycles. The van der Waals surface area contributed by atoms with Gasteiger partial charge in [-0.1, -0.05) is 0 Å². The number of nitrogens with zero attached hydrogens (tertiary/aromatic N) is 2. The number of fused-ring (bicyclic) bond motifs is 8. The molecule has 8 nitrogen and oxygen atoms in total. The van der Waals surface area contributed by atoms with Gasteiger partial charge in [-0.2, -0.15) is 0 Å². The molecule has 0 fully saturated rings. The van der Waals surface area contributed by atoms with Crippen LogP contribution in [0.25, 0.3) is 0 Å². The number of thiophene rings is 2. The zero-order chi connectivity index (χ0) is 20.0. The molecule has 0 saturated heterocycles. The van der Waals surface area contributed by atoms with Gasteiger partial charge < -0.3 is 21.3 Å². The Kier molecular flexibility index (Phi) is 3.38. The molecule has 7 rings (SSSR count). The fourth-order valence-electron chi connectivity index (χ4n) is 4.80. The lowest BCUT2D eigenvalue weighted by molar-refractivity contribution is 0.0797. The molecule has 30 heavy (non-hydrogen) atoms. The second-order valence-electron chi connectivity index (χ2n) is 7.90. The molecular weight excluding hydrogens is 420 g/mol. The van der Waals surface area contributed by atoms with Gasteiger partial charge in [0.1, 0.15) is 21.6 Å². The maximum atomic E-state index is 13.4. The Balaban J connectivity index is 1.32. The van der Waals surface area contributed by atoms with E-state index in [0.717, 1.165) is 71.3 Å². The molecule has 0 aromatic carbocycles. The Bertz CT molecular complexity index is 1130. The third kappa shape index (κ3) is 2.16. The Morgan fingerprint density at radius 2 is 1.20 bits per heavy atom. The highest BCUT2D eigenvalue weighted by Gasteiger charge is 2.41. The fraction of sp³-hybridized carbons (Fsp3) is 0.300. The van der Waals surface area contributed by atoms with E-state index in [1.54, 1.807) is 44.9 Å². The number of carbonyl (C=O) groups is 2. The molecule has 7 heterocycles. The first-order valence-corrected chi connectivity index (χ1v) is 11.7. The van der Waals surface area contributed by atoms with E-state index in [4.69, 9.17) is 0 Å². The van der Waals surface area contributed by atoms with Crippen molar-refractivity contribution >= 4 is 44.5 Å². The minimum atomic E-state index is -0.0312. The molecular formula is C20H18N6O2S2. The smallest absolute Gasteiger partial charge is 0.266 e. The zero-order valence-corrected chi connectivity index (χ0v) is 17.6. The van der Waals surface area contributed by atoms with Crippen molar-refractivity contribution in [3.8, 4) is 0 Å². The van der Waals surface area contributed by atoms with Crippen molar-refractivity contribution in [2.24, 2.45) is 0 Å². The summed E-state index contributed by atoms with van der Waals surface area (Å²) in [5.41, 5.74) is 3.86. The highest BCUT2D eigenvalue weighted by molar-refractivity contribution is 7.17. The van der Waals surface area contributed by atoms with Crippen LogP contribution in [0.15, 0.2) is 24.0 Å². The molecule has 4 N–H and O–H groups in total. The van der Waals surface area contributed by atoms with E-state index in [-0.39, 0.29) is 11.8 Å². The highest BCUT2D eigenvalue weighted by Crippen LogP contribution is 2.44. The Hall–Kier alpha value is -2.66. The minimum Gasteiger partial charge on any atom is -0.331 e. The number of hydrogen-bond acceptors (Lipinski definition) is 8. The van der Waals surface area contributed by atoms with Crippen LogP contribution in [0.4, 0.5) is 10.0 Å². The van der Waals surface area contributed by atoms with E-state index in [1.165, 1.54) is 9.75 Å². The van der Waals surface area contributed by atoms with Crippen LogP contribution < -0.4 is 21.3 Å². The number of hydrogen-bond donors (Lipinski definition) is 4. The maximum Gasteiger partial charge on any atom is 0.266 e. The fourth-order valence-corrected chi connectivity index (χ4v) is 7.23. The van der Waals surface area contributed by atoms with E-state index >= 15 is 0 Å². The van der Waals surface area contributed by atoms with Gasteiger partial charge in [-0.15, -0.1) is 22.7 Å². The molecule has 2 aromatic rings. The first-order chi connectivity index (χ1) is 14.7. The lowest BCUT2D eigenvalue weighted by Gasteiger charge is -2.37. The summed E-state index contributed by atoms with van der Waals surface area (Å²) in [4.78, 5) is 32.5. The van der Waals surface area contributed by atoms with Crippen LogP contribution in [0.1, 0.15) is 41.6 Å². The number of carbonyl (C=O) groups excluding carboxylic acids is 2. The van der Waals surface area contributed by atoms with Gasteiger partial charge >= 0.3 is 0 Å². The number of amides is 2. The largest absolute Gasteiger partial charge is 0.331 e. The van der Waals surface area contributed by atoms with Crippen molar-refractivity contribution in [3.05, 3.63) is 56.0 Å². The molecule has 5 aliphatic rings. The highest BCUT2D eigenvalue weighted by atomic mass is 32.1.